The Morgan fingerprint density at radius 2 is 0.821 bits per heavy atom. The number of phenols is 2. The van der Waals surface area contributed by atoms with Crippen LogP contribution in [0.4, 0.5) is 0 Å². The number of rotatable bonds is 2. The fourth-order valence-corrected chi connectivity index (χ4v) is 4.13. The summed E-state index contributed by atoms with van der Waals surface area (Å²) in [6.45, 7) is 0. The van der Waals surface area contributed by atoms with Gasteiger partial charge in [-0.15, -0.1) is 0 Å². The van der Waals surface area contributed by atoms with E-state index < -0.39 is 4.29 Å². The van der Waals surface area contributed by atoms with Crippen LogP contribution in [0.3, 0.4) is 0 Å². The molecule has 10 heteroatoms. The average Bonchev–Trinajstić information content (AvgIpc) is 2.60. The van der Waals surface area contributed by atoms with Crippen molar-refractivity contribution in [2.24, 2.45) is 0 Å². The molecular formula is C18H10Br6N2O2. The Bertz CT molecular complexity index is 914. The zero-order valence-electron chi connectivity index (χ0n) is 13.7. The highest BCUT2D eigenvalue weighted by Crippen LogP contribution is 2.51. The van der Waals surface area contributed by atoms with Crippen molar-refractivity contribution in [3.05, 3.63) is 59.9 Å². The second kappa shape index (κ2) is 8.63. The molecule has 0 amide bonds. The molecule has 0 aliphatic heterocycles. The first-order chi connectivity index (χ1) is 13.0. The number of hydrogen-bond acceptors (Lipinski definition) is 4. The molecule has 0 spiro atoms. The van der Waals surface area contributed by atoms with Crippen LogP contribution in [0.25, 0.3) is 22.5 Å². The SMILES string of the molecule is Oc1ccc(-c2nc(C(Br)(Br)Br)c(-c3ccc(O)cc3)nc2C(Br)(Br)Br)cc1. The lowest BCUT2D eigenvalue weighted by Crippen LogP contribution is -2.14. The minimum atomic E-state index is -0.828. The maximum Gasteiger partial charge on any atom is 0.178 e. The van der Waals surface area contributed by atoms with E-state index in [0.29, 0.717) is 22.8 Å². The Hall–Kier alpha value is -0.000000000000000222. The van der Waals surface area contributed by atoms with E-state index in [4.69, 9.17) is 9.97 Å². The molecule has 0 radical (unpaired) electrons. The lowest BCUT2D eigenvalue weighted by atomic mass is 10.1. The van der Waals surface area contributed by atoms with Gasteiger partial charge in [0.2, 0.25) is 0 Å². The maximum atomic E-state index is 9.63. The number of alkyl halides is 6. The van der Waals surface area contributed by atoms with Gasteiger partial charge in [0, 0.05) is 11.1 Å². The smallest absolute Gasteiger partial charge is 0.178 e. The number of hydrogen-bond donors (Lipinski definition) is 2. The molecule has 3 rings (SSSR count). The third kappa shape index (κ3) is 5.18. The second-order valence-electron chi connectivity index (χ2n) is 5.71. The van der Waals surface area contributed by atoms with Crippen LogP contribution in [0, 0.1) is 0 Å². The molecule has 0 atom stereocenters. The molecule has 1 aromatic heterocycles. The van der Waals surface area contributed by atoms with Gasteiger partial charge in [0.1, 0.15) is 22.9 Å². The highest BCUT2D eigenvalue weighted by Gasteiger charge is 2.34. The van der Waals surface area contributed by atoms with Gasteiger partial charge in [0.25, 0.3) is 0 Å². The number of nitrogens with zero attached hydrogens (tertiary/aromatic N) is 2. The molecule has 2 N–H and O–H groups in total. The standard InChI is InChI=1S/C18H10Br6N2O2/c19-17(20,21)15-13(9-1-5-11(27)6-2-9)25-16(18(22,23)24)14(26-15)10-3-7-12(28)8-4-10/h1-8,27-28H. The van der Waals surface area contributed by atoms with Crippen LogP contribution >= 0.6 is 95.6 Å². The van der Waals surface area contributed by atoms with Crippen molar-refractivity contribution in [3.63, 3.8) is 0 Å². The monoisotopic (exact) mass is 760 g/mol. The molecule has 2 aromatic carbocycles. The van der Waals surface area contributed by atoms with Crippen molar-refractivity contribution in [1.82, 2.24) is 9.97 Å². The third-order valence-corrected chi connectivity index (χ3v) is 5.97. The first-order valence-electron chi connectivity index (χ1n) is 7.62. The summed E-state index contributed by atoms with van der Waals surface area (Å²) in [6.07, 6.45) is 0. The van der Waals surface area contributed by atoms with Crippen LogP contribution in [-0.4, -0.2) is 20.2 Å². The predicted octanol–water partition coefficient (Wildman–Crippen LogP) is 7.81. The quantitative estimate of drug-likeness (QED) is 0.262. The molecule has 0 fully saturated rings. The summed E-state index contributed by atoms with van der Waals surface area (Å²) in [7, 11) is 0. The van der Waals surface area contributed by atoms with Gasteiger partial charge in [-0.05, 0) is 48.5 Å². The predicted molar refractivity (Wildman–Crippen MR) is 133 cm³/mol. The largest absolute Gasteiger partial charge is 0.508 e. The van der Waals surface area contributed by atoms with E-state index in [1.165, 1.54) is 0 Å². The number of halogens is 6. The van der Waals surface area contributed by atoms with Crippen molar-refractivity contribution < 1.29 is 10.2 Å². The molecular weight excluding hydrogens is 756 g/mol. The van der Waals surface area contributed by atoms with Gasteiger partial charge in [-0.3, -0.25) is 0 Å². The van der Waals surface area contributed by atoms with E-state index in [-0.39, 0.29) is 11.5 Å². The molecule has 0 saturated carbocycles. The van der Waals surface area contributed by atoms with Crippen LogP contribution in [-0.2, 0) is 4.29 Å². The molecule has 146 valence electrons. The van der Waals surface area contributed by atoms with Gasteiger partial charge in [-0.1, -0.05) is 95.6 Å². The first kappa shape index (κ1) is 22.7. The van der Waals surface area contributed by atoms with E-state index >= 15 is 0 Å². The van der Waals surface area contributed by atoms with Crippen molar-refractivity contribution >= 4 is 95.6 Å². The van der Waals surface area contributed by atoms with E-state index in [0.717, 1.165) is 11.1 Å². The molecule has 4 nitrogen and oxygen atoms in total. The average molecular weight is 766 g/mol. The van der Waals surface area contributed by atoms with E-state index in [2.05, 4.69) is 95.6 Å². The molecule has 0 bridgehead atoms. The first-order valence-corrected chi connectivity index (χ1v) is 12.4. The Morgan fingerprint density at radius 1 is 0.536 bits per heavy atom. The zero-order chi connectivity index (χ0) is 20.7. The van der Waals surface area contributed by atoms with E-state index in [1.54, 1.807) is 48.5 Å². The summed E-state index contributed by atoms with van der Waals surface area (Å²) in [5.74, 6) is 0.329. The fraction of sp³-hybridized carbons (Fsp3) is 0.111. The Kier molecular flexibility index (Phi) is 6.99. The topological polar surface area (TPSA) is 66.2 Å². The van der Waals surface area contributed by atoms with E-state index in [9.17, 15) is 10.2 Å². The van der Waals surface area contributed by atoms with Crippen LogP contribution in [0.15, 0.2) is 48.5 Å². The minimum Gasteiger partial charge on any atom is -0.508 e. The molecule has 0 aliphatic rings. The summed E-state index contributed by atoms with van der Waals surface area (Å²) >= 11 is 21.3. The van der Waals surface area contributed by atoms with Crippen LogP contribution in [0.1, 0.15) is 11.4 Å². The number of phenolic OH excluding ortho intramolecular Hbond substituents is 2. The Labute approximate surface area is 212 Å². The molecule has 0 aliphatic carbocycles. The van der Waals surface area contributed by atoms with Crippen molar-refractivity contribution in [2.75, 3.05) is 0 Å². The van der Waals surface area contributed by atoms with Crippen molar-refractivity contribution in [3.8, 4) is 34.0 Å². The number of aromatic nitrogens is 2. The van der Waals surface area contributed by atoms with Crippen molar-refractivity contribution in [1.29, 1.82) is 0 Å². The Balaban J connectivity index is 2.35. The Morgan fingerprint density at radius 3 is 1.07 bits per heavy atom. The van der Waals surface area contributed by atoms with Gasteiger partial charge in [0.15, 0.2) is 4.29 Å². The normalized spacial score (nSPS) is 12.2. The minimum absolute atomic E-state index is 0.165. The highest BCUT2D eigenvalue weighted by molar-refractivity contribution is 9.39. The lowest BCUT2D eigenvalue weighted by molar-refractivity contribution is 0.475. The van der Waals surface area contributed by atoms with Crippen LogP contribution in [0.5, 0.6) is 11.5 Å². The second-order valence-corrected chi connectivity index (χ2v) is 19.2. The van der Waals surface area contributed by atoms with Crippen LogP contribution < -0.4 is 0 Å². The molecule has 0 saturated heterocycles. The third-order valence-electron chi connectivity index (χ3n) is 3.71. The van der Waals surface area contributed by atoms with Gasteiger partial charge >= 0.3 is 0 Å². The van der Waals surface area contributed by atoms with Gasteiger partial charge in [-0.2, -0.15) is 0 Å². The molecule has 28 heavy (non-hydrogen) atoms. The molecule has 0 unspecified atom stereocenters. The highest BCUT2D eigenvalue weighted by atomic mass is 80.0. The molecule has 3 aromatic rings. The zero-order valence-corrected chi connectivity index (χ0v) is 23.2. The lowest BCUT2D eigenvalue weighted by Gasteiger charge is -2.23. The molecule has 1 heterocycles. The fourth-order valence-electron chi connectivity index (χ4n) is 2.47. The number of benzene rings is 2. The summed E-state index contributed by atoms with van der Waals surface area (Å²) in [5.41, 5.74) is 3.93. The summed E-state index contributed by atoms with van der Waals surface area (Å²) in [4.78, 5) is 9.74. The summed E-state index contributed by atoms with van der Waals surface area (Å²) in [5, 5.41) is 19.3. The van der Waals surface area contributed by atoms with Gasteiger partial charge < -0.3 is 10.2 Å². The summed E-state index contributed by atoms with van der Waals surface area (Å²) in [6, 6.07) is 13.4. The maximum absolute atomic E-state index is 9.63. The van der Waals surface area contributed by atoms with Crippen LogP contribution in [0.2, 0.25) is 0 Å². The van der Waals surface area contributed by atoms with Crippen molar-refractivity contribution in [2.45, 2.75) is 4.29 Å². The van der Waals surface area contributed by atoms with Gasteiger partial charge in [-0.25, -0.2) is 9.97 Å². The van der Waals surface area contributed by atoms with Gasteiger partial charge in [0.05, 0.1) is 11.4 Å². The number of aromatic hydroxyl groups is 2. The summed E-state index contributed by atoms with van der Waals surface area (Å²) < 4.78 is -1.66. The van der Waals surface area contributed by atoms with E-state index in [1.807, 2.05) is 0 Å².